The van der Waals surface area contributed by atoms with Gasteiger partial charge in [0.25, 0.3) is 5.91 Å². The van der Waals surface area contributed by atoms with Crippen molar-refractivity contribution in [3.8, 4) is 0 Å². The number of hydrogen-bond acceptors (Lipinski definition) is 3. The molecule has 0 aliphatic carbocycles. The molecule has 0 radical (unpaired) electrons. The fourth-order valence-electron chi connectivity index (χ4n) is 5.57. The molecule has 3 aliphatic rings. The summed E-state index contributed by atoms with van der Waals surface area (Å²) in [4.78, 5) is 29.7. The Hall–Kier alpha value is -1.82. The summed E-state index contributed by atoms with van der Waals surface area (Å²) in [7, 11) is 0. The first-order valence-corrected chi connectivity index (χ1v) is 11.3. The van der Waals surface area contributed by atoms with Gasteiger partial charge in [-0.05, 0) is 64.4 Å². The van der Waals surface area contributed by atoms with E-state index in [2.05, 4.69) is 18.4 Å². The van der Waals surface area contributed by atoms with Crippen LogP contribution in [0.2, 0.25) is 0 Å². The number of nitrogens with zero attached hydrogens (tertiary/aromatic N) is 3. The van der Waals surface area contributed by atoms with E-state index in [1.54, 1.807) is 0 Å². The van der Waals surface area contributed by atoms with Crippen LogP contribution in [0.4, 0.5) is 0 Å². The van der Waals surface area contributed by atoms with Gasteiger partial charge < -0.3 is 19.1 Å². The van der Waals surface area contributed by atoms with Gasteiger partial charge in [0.15, 0.2) is 0 Å². The molecule has 3 aliphatic heterocycles. The normalized spacial score (nSPS) is 24.5. The van der Waals surface area contributed by atoms with Crippen molar-refractivity contribution in [2.75, 3.05) is 32.8 Å². The molecule has 4 rings (SSSR count). The molecule has 0 saturated carbocycles. The first-order valence-electron chi connectivity index (χ1n) is 11.3. The van der Waals surface area contributed by atoms with E-state index in [-0.39, 0.29) is 23.3 Å². The van der Waals surface area contributed by atoms with Crippen LogP contribution in [0.3, 0.4) is 0 Å². The predicted octanol–water partition coefficient (Wildman–Crippen LogP) is 3.15. The van der Waals surface area contributed by atoms with Gasteiger partial charge in [0.1, 0.15) is 0 Å². The number of piperidine rings is 2. The lowest BCUT2D eigenvalue weighted by Gasteiger charge is -2.47. The predicted molar refractivity (Wildman–Crippen MR) is 112 cm³/mol. The molecule has 29 heavy (non-hydrogen) atoms. The minimum atomic E-state index is 0.163. The average molecular weight is 402 g/mol. The minimum absolute atomic E-state index is 0.163. The van der Waals surface area contributed by atoms with E-state index in [9.17, 15) is 9.59 Å². The van der Waals surface area contributed by atoms with Gasteiger partial charge in [0, 0.05) is 57.1 Å². The fourth-order valence-corrected chi connectivity index (χ4v) is 5.57. The molecule has 0 N–H and O–H groups in total. The number of likely N-dealkylation sites (tertiary alicyclic amines) is 2. The number of carbonyl (C=O) groups is 2. The van der Waals surface area contributed by atoms with Gasteiger partial charge in [-0.2, -0.15) is 0 Å². The number of aromatic nitrogens is 1. The number of ether oxygens (including phenoxy) is 1. The monoisotopic (exact) mass is 401 g/mol. The maximum Gasteiger partial charge on any atom is 0.255 e. The third kappa shape index (κ3) is 3.96. The van der Waals surface area contributed by atoms with Crippen LogP contribution in [0.5, 0.6) is 0 Å². The van der Waals surface area contributed by atoms with Gasteiger partial charge in [-0.15, -0.1) is 0 Å². The Labute approximate surface area is 174 Å². The second-order valence-corrected chi connectivity index (χ2v) is 9.23. The van der Waals surface area contributed by atoms with E-state index < -0.39 is 0 Å². The Kier molecular flexibility index (Phi) is 5.74. The van der Waals surface area contributed by atoms with Gasteiger partial charge >= 0.3 is 0 Å². The van der Waals surface area contributed by atoms with Crippen molar-refractivity contribution in [1.82, 2.24) is 14.4 Å². The minimum Gasteiger partial charge on any atom is -0.376 e. The second-order valence-electron chi connectivity index (χ2n) is 9.23. The Morgan fingerprint density at radius 2 is 2.00 bits per heavy atom. The number of aryl methyl sites for hydroxylation is 1. The number of carbonyl (C=O) groups excluding carboxylic acids is 2. The van der Waals surface area contributed by atoms with Crippen LogP contribution >= 0.6 is 0 Å². The Morgan fingerprint density at radius 3 is 2.62 bits per heavy atom. The highest BCUT2D eigenvalue weighted by Gasteiger charge is 2.42. The number of hydrogen-bond donors (Lipinski definition) is 0. The van der Waals surface area contributed by atoms with Crippen LogP contribution in [0.15, 0.2) is 6.07 Å². The Balaban J connectivity index is 1.39. The zero-order chi connectivity index (χ0) is 20.6. The molecule has 0 aromatic carbocycles. The first kappa shape index (κ1) is 20.5. The van der Waals surface area contributed by atoms with Gasteiger partial charge in [0.2, 0.25) is 5.91 Å². The molecule has 1 atom stereocenters. The molecule has 3 fully saturated rings. The van der Waals surface area contributed by atoms with Crippen molar-refractivity contribution in [3.05, 3.63) is 23.0 Å². The molecule has 1 aromatic heterocycles. The van der Waals surface area contributed by atoms with Gasteiger partial charge in [-0.25, -0.2) is 0 Å². The first-order chi connectivity index (χ1) is 13.9. The highest BCUT2D eigenvalue weighted by Crippen LogP contribution is 2.41. The summed E-state index contributed by atoms with van der Waals surface area (Å²) >= 11 is 0. The van der Waals surface area contributed by atoms with E-state index in [1.165, 1.54) is 0 Å². The van der Waals surface area contributed by atoms with E-state index in [0.717, 1.165) is 88.4 Å². The van der Waals surface area contributed by atoms with E-state index in [0.29, 0.717) is 6.42 Å². The highest BCUT2D eigenvalue weighted by molar-refractivity contribution is 5.95. The summed E-state index contributed by atoms with van der Waals surface area (Å²) in [5, 5.41) is 0. The van der Waals surface area contributed by atoms with E-state index in [4.69, 9.17) is 4.74 Å². The van der Waals surface area contributed by atoms with Crippen LogP contribution in [0.25, 0.3) is 0 Å². The fraction of sp³-hybridized carbons (Fsp3) is 0.739. The summed E-state index contributed by atoms with van der Waals surface area (Å²) < 4.78 is 7.96. The average Bonchev–Trinajstić information content (AvgIpc) is 3.32. The molecule has 4 heterocycles. The molecule has 2 amide bonds. The molecule has 0 bridgehead atoms. The lowest BCUT2D eigenvalue weighted by atomic mass is 9.72. The van der Waals surface area contributed by atoms with Crippen LogP contribution < -0.4 is 0 Å². The van der Waals surface area contributed by atoms with Crippen LogP contribution in [-0.4, -0.2) is 65.1 Å². The number of amides is 2. The maximum atomic E-state index is 13.2. The molecule has 160 valence electrons. The van der Waals surface area contributed by atoms with Crippen molar-refractivity contribution < 1.29 is 14.3 Å². The molecular weight excluding hydrogens is 366 g/mol. The van der Waals surface area contributed by atoms with Crippen molar-refractivity contribution in [2.45, 2.75) is 71.9 Å². The molecule has 1 spiro atoms. The summed E-state index contributed by atoms with van der Waals surface area (Å²) in [6.45, 7) is 11.1. The van der Waals surface area contributed by atoms with Crippen LogP contribution in [0, 0.1) is 19.3 Å². The molecule has 0 unspecified atom stereocenters. The summed E-state index contributed by atoms with van der Waals surface area (Å²) in [5.74, 6) is 0.437. The van der Waals surface area contributed by atoms with Gasteiger partial charge in [0.05, 0.1) is 11.7 Å². The van der Waals surface area contributed by atoms with E-state index in [1.807, 2.05) is 22.8 Å². The van der Waals surface area contributed by atoms with Crippen molar-refractivity contribution >= 4 is 11.8 Å². The topological polar surface area (TPSA) is 54.8 Å². The highest BCUT2D eigenvalue weighted by atomic mass is 16.5. The number of rotatable bonds is 4. The molecular formula is C23H35N3O3. The van der Waals surface area contributed by atoms with Gasteiger partial charge in [-0.1, -0.05) is 0 Å². The van der Waals surface area contributed by atoms with Crippen LogP contribution in [-0.2, 0) is 16.1 Å². The smallest absolute Gasteiger partial charge is 0.255 e. The maximum absolute atomic E-state index is 13.2. The largest absolute Gasteiger partial charge is 0.376 e. The molecule has 6 heteroatoms. The van der Waals surface area contributed by atoms with Crippen molar-refractivity contribution in [1.29, 1.82) is 0 Å². The third-order valence-electron chi connectivity index (χ3n) is 7.43. The zero-order valence-electron chi connectivity index (χ0n) is 18.2. The van der Waals surface area contributed by atoms with Crippen LogP contribution in [0.1, 0.15) is 67.2 Å². The lowest BCUT2D eigenvalue weighted by molar-refractivity contribution is -0.141. The second kappa shape index (κ2) is 8.13. The molecule has 1 aromatic rings. The molecule has 6 nitrogen and oxygen atoms in total. The standard InChI is InChI=1S/C23H35N3O3/c1-4-26-17(2)14-20(18(26)3)22(28)24-11-9-23(10-12-24)8-7-21(27)25(16-23)15-19-6-5-13-29-19/h14,19H,4-13,15-16H2,1-3H3/t19-/m0/s1. The Morgan fingerprint density at radius 1 is 1.24 bits per heavy atom. The SMILES string of the molecule is CCn1c(C)cc(C(=O)N2CCC3(CCC(=O)N(C[C@@H]4CCCO4)C3)CC2)c1C. The quantitative estimate of drug-likeness (QED) is 0.779. The van der Waals surface area contributed by atoms with Crippen molar-refractivity contribution in [3.63, 3.8) is 0 Å². The van der Waals surface area contributed by atoms with Crippen molar-refractivity contribution in [2.24, 2.45) is 5.41 Å². The summed E-state index contributed by atoms with van der Waals surface area (Å²) in [6.07, 6.45) is 5.95. The van der Waals surface area contributed by atoms with E-state index >= 15 is 0 Å². The lowest BCUT2D eigenvalue weighted by Crippen LogP contribution is -2.53. The zero-order valence-corrected chi connectivity index (χ0v) is 18.2. The Bertz CT molecular complexity index is 771. The van der Waals surface area contributed by atoms with Gasteiger partial charge in [-0.3, -0.25) is 9.59 Å². The molecule has 3 saturated heterocycles. The summed E-state index contributed by atoms with van der Waals surface area (Å²) in [6, 6.07) is 2.04. The third-order valence-corrected chi connectivity index (χ3v) is 7.43. The summed E-state index contributed by atoms with van der Waals surface area (Å²) in [5.41, 5.74) is 3.24.